The van der Waals surface area contributed by atoms with Crippen molar-refractivity contribution >= 4 is 34.0 Å². The fourth-order valence-electron chi connectivity index (χ4n) is 4.42. The molecule has 1 aromatic heterocycles. The first-order valence-electron chi connectivity index (χ1n) is 10.0. The third-order valence-electron chi connectivity index (χ3n) is 6.12. The van der Waals surface area contributed by atoms with Gasteiger partial charge in [0.25, 0.3) is 0 Å². The van der Waals surface area contributed by atoms with Crippen LogP contribution >= 0.6 is 11.3 Å². The van der Waals surface area contributed by atoms with E-state index < -0.39 is 5.41 Å². The van der Waals surface area contributed by atoms with Gasteiger partial charge in [-0.1, -0.05) is 25.3 Å². The first-order chi connectivity index (χ1) is 13.4. The average molecular weight is 398 g/mol. The highest BCUT2D eigenvalue weighted by Gasteiger charge is 2.42. The Labute approximate surface area is 170 Å². The molecule has 1 N–H and O–H groups in total. The maximum Gasteiger partial charge on any atom is 0.236 e. The quantitative estimate of drug-likeness (QED) is 0.792. The van der Waals surface area contributed by atoms with Crippen molar-refractivity contribution in [2.75, 3.05) is 17.3 Å². The third kappa shape index (κ3) is 3.46. The van der Waals surface area contributed by atoms with Gasteiger partial charge in [-0.05, 0) is 50.3 Å². The van der Waals surface area contributed by atoms with Gasteiger partial charge in [0.15, 0.2) is 5.13 Å². The number of hydrogen-bond donors (Lipinski definition) is 1. The lowest BCUT2D eigenvalue weighted by atomic mass is 9.85. The van der Waals surface area contributed by atoms with Crippen LogP contribution in [-0.2, 0) is 15.0 Å². The Bertz CT molecular complexity index is 912. The molecular formula is C22H27N3O2S. The lowest BCUT2D eigenvalue weighted by molar-refractivity contribution is -0.121. The van der Waals surface area contributed by atoms with Gasteiger partial charge >= 0.3 is 0 Å². The van der Waals surface area contributed by atoms with Crippen molar-refractivity contribution in [1.29, 1.82) is 0 Å². The van der Waals surface area contributed by atoms with Crippen molar-refractivity contribution in [3.05, 3.63) is 29.1 Å². The first-order valence-corrected chi connectivity index (χ1v) is 10.9. The number of nitrogens with zero attached hydrogens (tertiary/aromatic N) is 2. The molecule has 2 aliphatic rings. The molecule has 0 radical (unpaired) electrons. The summed E-state index contributed by atoms with van der Waals surface area (Å²) in [6, 6.07) is 6.03. The first kappa shape index (κ1) is 19.1. The zero-order chi connectivity index (χ0) is 19.9. The Balaban J connectivity index is 1.48. The van der Waals surface area contributed by atoms with E-state index in [1.165, 1.54) is 30.6 Å². The van der Waals surface area contributed by atoms with Crippen LogP contribution < -0.4 is 10.2 Å². The molecule has 6 heteroatoms. The van der Waals surface area contributed by atoms with E-state index in [0.717, 1.165) is 35.3 Å². The van der Waals surface area contributed by atoms with Crippen molar-refractivity contribution in [3.8, 4) is 11.3 Å². The molecule has 0 unspecified atom stereocenters. The Morgan fingerprint density at radius 2 is 2.04 bits per heavy atom. The highest BCUT2D eigenvalue weighted by Crippen LogP contribution is 2.42. The molecule has 1 aromatic carbocycles. The zero-order valence-electron chi connectivity index (χ0n) is 16.7. The van der Waals surface area contributed by atoms with Gasteiger partial charge < -0.3 is 10.2 Å². The number of carbonyl (C=O) groups excluding carboxylic acids is 2. The van der Waals surface area contributed by atoms with Crippen LogP contribution in [0.25, 0.3) is 11.3 Å². The van der Waals surface area contributed by atoms with Gasteiger partial charge in [0.1, 0.15) is 0 Å². The second kappa shape index (κ2) is 7.32. The summed E-state index contributed by atoms with van der Waals surface area (Å²) in [5.41, 5.74) is 3.24. The summed E-state index contributed by atoms with van der Waals surface area (Å²) >= 11 is 1.45. The Morgan fingerprint density at radius 1 is 1.29 bits per heavy atom. The molecule has 0 atom stereocenters. The van der Waals surface area contributed by atoms with Gasteiger partial charge in [0.05, 0.1) is 11.1 Å². The number of nitrogens with one attached hydrogen (secondary N) is 1. The van der Waals surface area contributed by atoms with Crippen molar-refractivity contribution in [3.63, 3.8) is 0 Å². The summed E-state index contributed by atoms with van der Waals surface area (Å²) < 4.78 is 0. The molecule has 28 heavy (non-hydrogen) atoms. The largest absolute Gasteiger partial charge is 0.314 e. The predicted molar refractivity (Wildman–Crippen MR) is 114 cm³/mol. The highest BCUT2D eigenvalue weighted by molar-refractivity contribution is 7.14. The molecule has 0 saturated heterocycles. The monoisotopic (exact) mass is 397 g/mol. The van der Waals surface area contributed by atoms with Crippen molar-refractivity contribution in [1.82, 2.24) is 4.98 Å². The molecule has 148 valence electrons. The summed E-state index contributed by atoms with van der Waals surface area (Å²) in [4.78, 5) is 31.2. The van der Waals surface area contributed by atoms with Crippen LogP contribution in [0.3, 0.4) is 0 Å². The molecule has 2 heterocycles. The van der Waals surface area contributed by atoms with Gasteiger partial charge in [-0.3, -0.25) is 9.59 Å². The van der Waals surface area contributed by atoms with Gasteiger partial charge in [-0.25, -0.2) is 4.98 Å². The highest BCUT2D eigenvalue weighted by atomic mass is 32.1. The third-order valence-corrected chi connectivity index (χ3v) is 6.87. The summed E-state index contributed by atoms with van der Waals surface area (Å²) in [7, 11) is 1.82. The van der Waals surface area contributed by atoms with E-state index in [9.17, 15) is 9.59 Å². The number of hydrogen-bond acceptors (Lipinski definition) is 4. The average Bonchev–Trinajstić information content (AvgIpc) is 3.20. The molecule has 1 aliphatic carbocycles. The number of fused-ring (bicyclic) bond motifs is 1. The number of likely N-dealkylation sites (N-methyl/N-ethyl adjacent to an activating group) is 1. The summed E-state index contributed by atoms with van der Waals surface area (Å²) in [6.07, 6.45) is 6.70. The molecule has 5 nitrogen and oxygen atoms in total. The van der Waals surface area contributed by atoms with Crippen LogP contribution in [0, 0.1) is 5.92 Å². The van der Waals surface area contributed by atoms with Gasteiger partial charge in [-0.15, -0.1) is 11.3 Å². The van der Waals surface area contributed by atoms with Crippen LogP contribution in [0.5, 0.6) is 0 Å². The number of aromatic nitrogens is 1. The summed E-state index contributed by atoms with van der Waals surface area (Å²) in [5, 5.41) is 5.57. The van der Waals surface area contributed by atoms with Crippen LogP contribution in [0.2, 0.25) is 0 Å². The minimum atomic E-state index is -0.535. The van der Waals surface area contributed by atoms with Gasteiger partial charge in [0, 0.05) is 30.1 Å². The Kier molecular flexibility index (Phi) is 5.00. The maximum atomic E-state index is 12.5. The minimum absolute atomic E-state index is 0.0649. The molecule has 2 aromatic rings. The molecule has 0 spiro atoms. The predicted octanol–water partition coefficient (Wildman–Crippen LogP) is 4.97. The minimum Gasteiger partial charge on any atom is -0.314 e. The molecular weight excluding hydrogens is 370 g/mol. The standard InChI is InChI=1S/C22H27N3O2S/c1-22(2)16-12-15(9-10-18(16)25(3)20(22)27)17-13-28-21(23-17)24-19(26)11-14-7-5-4-6-8-14/h9-10,12-14H,4-8,11H2,1-3H3,(H,23,24,26). The molecule has 1 fully saturated rings. The molecule has 2 amide bonds. The SMILES string of the molecule is CN1C(=O)C(C)(C)c2cc(-c3csc(NC(=O)CC4CCCCC4)n3)ccc21. The molecule has 0 bridgehead atoms. The smallest absolute Gasteiger partial charge is 0.236 e. The number of rotatable bonds is 4. The van der Waals surface area contributed by atoms with E-state index in [0.29, 0.717) is 17.5 Å². The van der Waals surface area contributed by atoms with Crippen molar-refractivity contribution in [2.45, 2.75) is 57.8 Å². The van der Waals surface area contributed by atoms with E-state index in [4.69, 9.17) is 0 Å². The lowest BCUT2D eigenvalue weighted by Gasteiger charge is -2.20. The van der Waals surface area contributed by atoms with Crippen LogP contribution in [0.15, 0.2) is 23.6 Å². The normalized spacial score (nSPS) is 19.0. The van der Waals surface area contributed by atoms with E-state index in [-0.39, 0.29) is 11.8 Å². The number of amides is 2. The fourth-order valence-corrected chi connectivity index (χ4v) is 5.16. The van der Waals surface area contributed by atoms with Crippen LogP contribution in [0.4, 0.5) is 10.8 Å². The van der Waals surface area contributed by atoms with E-state index >= 15 is 0 Å². The number of carbonyl (C=O) groups is 2. The van der Waals surface area contributed by atoms with Crippen LogP contribution in [-0.4, -0.2) is 23.8 Å². The second-order valence-corrected chi connectivity index (χ2v) is 9.37. The molecule has 1 saturated carbocycles. The Morgan fingerprint density at radius 3 is 2.79 bits per heavy atom. The number of thiazole rings is 1. The van der Waals surface area contributed by atoms with Gasteiger partial charge in [0.2, 0.25) is 11.8 Å². The zero-order valence-corrected chi connectivity index (χ0v) is 17.6. The number of benzene rings is 1. The topological polar surface area (TPSA) is 62.3 Å². The van der Waals surface area contributed by atoms with Gasteiger partial charge in [-0.2, -0.15) is 0 Å². The Hall–Kier alpha value is -2.21. The fraction of sp³-hybridized carbons (Fsp3) is 0.500. The summed E-state index contributed by atoms with van der Waals surface area (Å²) in [6.45, 7) is 3.92. The maximum absolute atomic E-state index is 12.5. The van der Waals surface area contributed by atoms with E-state index in [1.54, 1.807) is 4.90 Å². The number of anilines is 2. The van der Waals surface area contributed by atoms with Crippen molar-refractivity contribution in [2.24, 2.45) is 5.92 Å². The lowest BCUT2D eigenvalue weighted by Crippen LogP contribution is -2.33. The van der Waals surface area contributed by atoms with Crippen LogP contribution in [0.1, 0.15) is 57.9 Å². The molecule has 4 rings (SSSR count). The van der Waals surface area contributed by atoms with E-state index in [1.807, 2.05) is 38.4 Å². The van der Waals surface area contributed by atoms with E-state index in [2.05, 4.69) is 16.4 Å². The second-order valence-electron chi connectivity index (χ2n) is 8.52. The molecule has 1 aliphatic heterocycles. The summed E-state index contributed by atoms with van der Waals surface area (Å²) in [5.74, 6) is 0.686. The van der Waals surface area contributed by atoms with Crippen molar-refractivity contribution < 1.29 is 9.59 Å².